The highest BCUT2D eigenvalue weighted by Crippen LogP contribution is 2.35. The topological polar surface area (TPSA) is 84.0 Å². The Bertz CT molecular complexity index is 890. The number of carbonyl (C=O) groups is 1. The van der Waals surface area contributed by atoms with Crippen LogP contribution < -0.4 is 25.4 Å². The first kappa shape index (κ1) is 24.8. The van der Waals surface area contributed by atoms with Crippen molar-refractivity contribution in [3.63, 3.8) is 0 Å². The van der Waals surface area contributed by atoms with Gasteiger partial charge in [-0.1, -0.05) is 18.2 Å². The number of fused-ring (bicyclic) bond motifs is 1. The molecular formula is C23H31IN4O3. The maximum atomic E-state index is 12.2. The molecule has 7 nitrogen and oxygen atoms in total. The fourth-order valence-electron chi connectivity index (χ4n) is 3.29. The maximum Gasteiger partial charge on any atom is 0.243 e. The average molecular weight is 538 g/mol. The highest BCUT2D eigenvalue weighted by Gasteiger charge is 2.21. The number of guanidine groups is 1. The Morgan fingerprint density at radius 1 is 1.19 bits per heavy atom. The molecule has 1 aliphatic rings. The van der Waals surface area contributed by atoms with Crippen molar-refractivity contribution < 1.29 is 14.3 Å². The molecule has 1 unspecified atom stereocenters. The number of nitrogens with zero attached hydrogens (tertiary/aromatic N) is 1. The van der Waals surface area contributed by atoms with Gasteiger partial charge >= 0.3 is 0 Å². The highest BCUT2D eigenvalue weighted by molar-refractivity contribution is 14.0. The van der Waals surface area contributed by atoms with E-state index in [9.17, 15) is 4.79 Å². The van der Waals surface area contributed by atoms with Gasteiger partial charge in [-0.2, -0.15) is 0 Å². The van der Waals surface area contributed by atoms with Crippen molar-refractivity contribution >= 4 is 41.5 Å². The van der Waals surface area contributed by atoms with Gasteiger partial charge in [0.1, 0.15) is 17.6 Å². The molecule has 3 rings (SSSR count). The van der Waals surface area contributed by atoms with Gasteiger partial charge in [0, 0.05) is 29.8 Å². The van der Waals surface area contributed by atoms with E-state index in [1.54, 1.807) is 0 Å². The van der Waals surface area contributed by atoms with Crippen molar-refractivity contribution in [1.29, 1.82) is 0 Å². The summed E-state index contributed by atoms with van der Waals surface area (Å²) in [6.45, 7) is 7.82. The second-order valence-corrected chi connectivity index (χ2v) is 7.10. The Balaban J connectivity index is 0.00000341. The Hall–Kier alpha value is -2.49. The molecule has 8 heteroatoms. The van der Waals surface area contributed by atoms with Crippen LogP contribution in [-0.2, 0) is 17.8 Å². The summed E-state index contributed by atoms with van der Waals surface area (Å²) in [5, 5.41) is 9.10. The van der Waals surface area contributed by atoms with Crippen molar-refractivity contribution in [3.8, 4) is 11.5 Å². The van der Waals surface area contributed by atoms with E-state index in [2.05, 4.69) is 33.9 Å². The molecule has 2 aromatic rings. The molecule has 0 spiro atoms. The number of carbonyl (C=O) groups excluding carboxylic acids is 1. The van der Waals surface area contributed by atoms with E-state index < -0.39 is 0 Å². The zero-order valence-corrected chi connectivity index (χ0v) is 20.6. The van der Waals surface area contributed by atoms with Crippen LogP contribution in [0.4, 0.5) is 5.69 Å². The van der Waals surface area contributed by atoms with E-state index >= 15 is 0 Å². The van der Waals surface area contributed by atoms with Crippen molar-refractivity contribution in [3.05, 3.63) is 53.6 Å². The number of amides is 1. The van der Waals surface area contributed by atoms with E-state index in [1.807, 2.05) is 50.2 Å². The van der Waals surface area contributed by atoms with Crippen molar-refractivity contribution in [2.24, 2.45) is 4.99 Å². The van der Waals surface area contributed by atoms with Gasteiger partial charge in [0.15, 0.2) is 5.96 Å². The molecule has 168 valence electrons. The third kappa shape index (κ3) is 7.30. The number of ether oxygens (including phenoxy) is 2. The lowest BCUT2D eigenvalue weighted by Gasteiger charge is -2.14. The molecule has 0 saturated heterocycles. The minimum Gasteiger partial charge on any atom is -0.494 e. The lowest BCUT2D eigenvalue weighted by molar-refractivity contribution is -0.115. The summed E-state index contributed by atoms with van der Waals surface area (Å²) < 4.78 is 11.7. The van der Waals surface area contributed by atoms with Gasteiger partial charge < -0.3 is 25.4 Å². The summed E-state index contributed by atoms with van der Waals surface area (Å²) in [5.74, 6) is 2.16. The maximum absolute atomic E-state index is 12.2. The van der Waals surface area contributed by atoms with Gasteiger partial charge in [-0.15, -0.1) is 24.0 Å². The highest BCUT2D eigenvalue weighted by atomic mass is 127. The molecule has 1 amide bonds. The fraction of sp³-hybridized carbons (Fsp3) is 0.391. The number of anilines is 1. The second-order valence-electron chi connectivity index (χ2n) is 7.10. The van der Waals surface area contributed by atoms with E-state index in [0.717, 1.165) is 29.2 Å². The molecule has 0 aromatic heterocycles. The lowest BCUT2D eigenvalue weighted by atomic mass is 10.1. The normalized spacial score (nSPS) is 14.7. The molecule has 1 atom stereocenters. The molecule has 0 bridgehead atoms. The summed E-state index contributed by atoms with van der Waals surface area (Å²) in [4.78, 5) is 16.8. The van der Waals surface area contributed by atoms with Crippen LogP contribution in [0.5, 0.6) is 11.5 Å². The number of aliphatic imine (C=N–C) groups is 1. The zero-order valence-electron chi connectivity index (χ0n) is 18.2. The first-order chi connectivity index (χ1) is 14.6. The lowest BCUT2D eigenvalue weighted by Crippen LogP contribution is -2.41. The minimum atomic E-state index is -0.137. The first-order valence-electron chi connectivity index (χ1n) is 10.4. The first-order valence-corrected chi connectivity index (χ1v) is 10.4. The molecule has 1 aliphatic heterocycles. The van der Waals surface area contributed by atoms with E-state index in [1.165, 1.54) is 5.56 Å². The number of hydrogen-bond donors (Lipinski definition) is 3. The Morgan fingerprint density at radius 2 is 1.97 bits per heavy atom. The predicted molar refractivity (Wildman–Crippen MR) is 135 cm³/mol. The smallest absolute Gasteiger partial charge is 0.243 e. The molecule has 31 heavy (non-hydrogen) atoms. The molecule has 2 aromatic carbocycles. The fourth-order valence-corrected chi connectivity index (χ4v) is 3.29. The Morgan fingerprint density at radius 3 is 2.68 bits per heavy atom. The van der Waals surface area contributed by atoms with Crippen LogP contribution in [0.15, 0.2) is 47.5 Å². The summed E-state index contributed by atoms with van der Waals surface area (Å²) >= 11 is 0. The molecule has 0 radical (unpaired) electrons. The van der Waals surface area contributed by atoms with Crippen LogP contribution in [0, 0.1) is 0 Å². The number of nitrogens with one attached hydrogen (secondary N) is 3. The molecule has 0 aliphatic carbocycles. The largest absolute Gasteiger partial charge is 0.494 e. The quantitative estimate of drug-likeness (QED) is 0.271. The van der Waals surface area contributed by atoms with Crippen LogP contribution in [-0.4, -0.2) is 37.7 Å². The van der Waals surface area contributed by atoms with Gasteiger partial charge in [0.2, 0.25) is 5.91 Å². The van der Waals surface area contributed by atoms with Crippen molar-refractivity contribution in [2.45, 2.75) is 39.8 Å². The number of rotatable bonds is 8. The van der Waals surface area contributed by atoms with E-state index in [4.69, 9.17) is 9.47 Å². The number of hydrogen-bond acceptors (Lipinski definition) is 4. The third-order valence-corrected chi connectivity index (χ3v) is 4.60. The average Bonchev–Trinajstić information content (AvgIpc) is 3.09. The van der Waals surface area contributed by atoms with Crippen LogP contribution in [0.2, 0.25) is 0 Å². The zero-order chi connectivity index (χ0) is 21.3. The Kier molecular flexibility index (Phi) is 9.90. The van der Waals surface area contributed by atoms with Gasteiger partial charge in [-0.05, 0) is 45.0 Å². The summed E-state index contributed by atoms with van der Waals surface area (Å²) in [6, 6.07) is 13.4. The summed E-state index contributed by atoms with van der Waals surface area (Å²) in [7, 11) is 0. The monoisotopic (exact) mass is 538 g/mol. The third-order valence-electron chi connectivity index (χ3n) is 4.60. The molecule has 1 heterocycles. The van der Waals surface area contributed by atoms with Gasteiger partial charge in [-0.25, -0.2) is 4.99 Å². The van der Waals surface area contributed by atoms with Crippen LogP contribution in [0.1, 0.15) is 31.9 Å². The number of para-hydroxylation sites is 1. The summed E-state index contributed by atoms with van der Waals surface area (Å²) in [5.41, 5.74) is 2.89. The number of benzene rings is 2. The van der Waals surface area contributed by atoms with Crippen molar-refractivity contribution in [1.82, 2.24) is 10.6 Å². The van der Waals surface area contributed by atoms with E-state index in [0.29, 0.717) is 25.7 Å². The molecular weight excluding hydrogens is 507 g/mol. The van der Waals surface area contributed by atoms with Crippen LogP contribution in [0.3, 0.4) is 0 Å². The second kappa shape index (κ2) is 12.4. The summed E-state index contributed by atoms with van der Waals surface area (Å²) in [6.07, 6.45) is 1.06. The number of halogens is 1. The Labute approximate surface area is 201 Å². The van der Waals surface area contributed by atoms with Crippen molar-refractivity contribution in [2.75, 3.05) is 25.0 Å². The molecule has 3 N–H and O–H groups in total. The van der Waals surface area contributed by atoms with Gasteiger partial charge in [-0.3, -0.25) is 4.79 Å². The molecule has 0 saturated carbocycles. The van der Waals surface area contributed by atoms with Gasteiger partial charge in [0.25, 0.3) is 0 Å². The minimum absolute atomic E-state index is 0. The van der Waals surface area contributed by atoms with E-state index in [-0.39, 0.29) is 42.5 Å². The SMILES string of the molecule is CCNC(=NCc1cc2c(cc1OCC)CC(C)O2)NCC(=O)Nc1ccccc1.I. The standard InChI is InChI=1S/C23H30N4O3.HI/c1-4-24-23(26-15-22(28)27-19-9-7-6-8-10-19)25-14-18-13-21-17(11-16(3)30-21)12-20(18)29-5-2;/h6-10,12-13,16H,4-5,11,14-15H2,1-3H3,(H,27,28)(H2,24,25,26);1H. The van der Waals surface area contributed by atoms with Gasteiger partial charge in [0.05, 0.1) is 19.7 Å². The predicted octanol–water partition coefficient (Wildman–Crippen LogP) is 3.72. The molecule has 0 fully saturated rings. The van der Waals surface area contributed by atoms with Crippen LogP contribution >= 0.6 is 24.0 Å². The van der Waals surface area contributed by atoms with Crippen LogP contribution in [0.25, 0.3) is 0 Å².